The zero-order valence-corrected chi connectivity index (χ0v) is 18.2. The first-order valence-electron chi connectivity index (χ1n) is 10.8. The second kappa shape index (κ2) is 8.45. The summed E-state index contributed by atoms with van der Waals surface area (Å²) in [5.41, 5.74) is 1.93. The molecule has 2 heterocycles. The molecule has 1 unspecified atom stereocenters. The third kappa shape index (κ3) is 3.62. The lowest BCUT2D eigenvalue weighted by atomic mass is 9.72. The first-order chi connectivity index (χ1) is 15.4. The first-order valence-corrected chi connectivity index (χ1v) is 10.8. The summed E-state index contributed by atoms with van der Waals surface area (Å²) >= 11 is 0. The van der Waals surface area contributed by atoms with Crippen LogP contribution in [0.25, 0.3) is 11.0 Å². The van der Waals surface area contributed by atoms with E-state index in [1.807, 2.05) is 50.2 Å². The highest BCUT2D eigenvalue weighted by Crippen LogP contribution is 2.36. The molecule has 8 heteroatoms. The van der Waals surface area contributed by atoms with Crippen molar-refractivity contribution >= 4 is 34.4 Å². The van der Waals surface area contributed by atoms with E-state index in [1.54, 1.807) is 16.7 Å². The zero-order chi connectivity index (χ0) is 22.9. The van der Waals surface area contributed by atoms with Crippen molar-refractivity contribution in [1.29, 1.82) is 0 Å². The van der Waals surface area contributed by atoms with Gasteiger partial charge < -0.3 is 5.32 Å². The number of fused-ring (bicyclic) bond motifs is 1. The standard InChI is InChI=1S/C24H26N4O4/c1-3-24(14-13-20(29)26-22(24)31)16-9-11-17(12-10-16)25-21(30)15-28-19-8-6-5-7-18(19)27(4-2)23(28)32/h5-12H,3-4,13-15H2,1-2H3,(H,25,30)(H,26,29,31). The molecule has 166 valence electrons. The molecule has 2 N–H and O–H groups in total. The van der Waals surface area contributed by atoms with Gasteiger partial charge in [-0.3, -0.25) is 28.8 Å². The summed E-state index contributed by atoms with van der Waals surface area (Å²) in [6.07, 6.45) is 1.34. The number of anilines is 1. The lowest BCUT2D eigenvalue weighted by molar-refractivity contribution is -0.138. The molecule has 1 saturated heterocycles. The van der Waals surface area contributed by atoms with Gasteiger partial charge in [-0.25, -0.2) is 4.79 Å². The molecule has 3 amide bonds. The predicted octanol–water partition coefficient (Wildman–Crippen LogP) is 2.55. The highest BCUT2D eigenvalue weighted by Gasteiger charge is 2.42. The van der Waals surface area contributed by atoms with E-state index in [1.165, 1.54) is 4.57 Å². The fourth-order valence-corrected chi connectivity index (χ4v) is 4.51. The van der Waals surface area contributed by atoms with Crippen LogP contribution in [0, 0.1) is 0 Å². The van der Waals surface area contributed by atoms with Crippen LogP contribution in [0.2, 0.25) is 0 Å². The van der Waals surface area contributed by atoms with Gasteiger partial charge in [0.25, 0.3) is 0 Å². The van der Waals surface area contributed by atoms with Crippen molar-refractivity contribution in [1.82, 2.24) is 14.5 Å². The minimum Gasteiger partial charge on any atom is -0.325 e. The number of rotatable bonds is 6. The molecule has 1 aliphatic heterocycles. The largest absolute Gasteiger partial charge is 0.329 e. The van der Waals surface area contributed by atoms with E-state index in [0.717, 1.165) is 11.1 Å². The molecule has 3 aromatic rings. The number of piperidine rings is 1. The van der Waals surface area contributed by atoms with E-state index in [4.69, 9.17) is 0 Å². The molecule has 1 aliphatic rings. The fraction of sp³-hybridized carbons (Fsp3) is 0.333. The first kappa shape index (κ1) is 21.5. The van der Waals surface area contributed by atoms with Crippen LogP contribution in [-0.4, -0.2) is 26.9 Å². The summed E-state index contributed by atoms with van der Waals surface area (Å²) in [7, 11) is 0. The number of nitrogens with zero attached hydrogens (tertiary/aromatic N) is 2. The molecule has 0 aliphatic carbocycles. The van der Waals surface area contributed by atoms with Crippen molar-refractivity contribution in [2.24, 2.45) is 0 Å². The Morgan fingerprint density at radius 3 is 2.25 bits per heavy atom. The van der Waals surface area contributed by atoms with Gasteiger partial charge in [-0.1, -0.05) is 31.2 Å². The third-order valence-corrected chi connectivity index (χ3v) is 6.33. The molecule has 1 atom stereocenters. The van der Waals surface area contributed by atoms with Crippen LogP contribution in [0.1, 0.15) is 38.7 Å². The van der Waals surface area contributed by atoms with Gasteiger partial charge in [0.15, 0.2) is 0 Å². The van der Waals surface area contributed by atoms with Gasteiger partial charge in [-0.05, 0) is 49.6 Å². The maximum Gasteiger partial charge on any atom is 0.329 e. The number of nitrogens with one attached hydrogen (secondary N) is 2. The van der Waals surface area contributed by atoms with Gasteiger partial charge in [0.1, 0.15) is 6.54 Å². The van der Waals surface area contributed by atoms with E-state index in [0.29, 0.717) is 37.0 Å². The van der Waals surface area contributed by atoms with E-state index in [-0.39, 0.29) is 30.0 Å². The summed E-state index contributed by atoms with van der Waals surface area (Å²) in [5.74, 6) is -0.840. The summed E-state index contributed by atoms with van der Waals surface area (Å²) < 4.78 is 3.11. The third-order valence-electron chi connectivity index (χ3n) is 6.33. The molecule has 0 saturated carbocycles. The quantitative estimate of drug-likeness (QED) is 0.582. The Labute approximate surface area is 185 Å². The molecule has 4 rings (SSSR count). The Morgan fingerprint density at radius 2 is 1.66 bits per heavy atom. The average Bonchev–Trinajstić information content (AvgIpc) is 3.05. The highest BCUT2D eigenvalue weighted by atomic mass is 16.2. The van der Waals surface area contributed by atoms with Crippen molar-refractivity contribution in [2.45, 2.75) is 51.6 Å². The summed E-state index contributed by atoms with van der Waals surface area (Å²) in [6, 6.07) is 14.5. The van der Waals surface area contributed by atoms with Gasteiger partial charge in [0.2, 0.25) is 17.7 Å². The number of para-hydroxylation sites is 2. The Kier molecular flexibility index (Phi) is 5.69. The lowest BCUT2D eigenvalue weighted by Crippen LogP contribution is -2.51. The number of imidazole rings is 1. The Morgan fingerprint density at radius 1 is 1.00 bits per heavy atom. The number of benzene rings is 2. The Bertz CT molecular complexity index is 1260. The van der Waals surface area contributed by atoms with E-state index >= 15 is 0 Å². The van der Waals surface area contributed by atoms with E-state index in [9.17, 15) is 19.2 Å². The van der Waals surface area contributed by atoms with Crippen LogP contribution in [0.5, 0.6) is 0 Å². The van der Waals surface area contributed by atoms with Gasteiger partial charge in [-0.15, -0.1) is 0 Å². The number of aryl methyl sites for hydroxylation is 1. The molecule has 2 aromatic carbocycles. The number of carbonyl (C=O) groups is 3. The summed E-state index contributed by atoms with van der Waals surface area (Å²) in [6.45, 7) is 4.24. The van der Waals surface area contributed by atoms with Crippen molar-refractivity contribution in [2.75, 3.05) is 5.32 Å². The molecular weight excluding hydrogens is 408 g/mol. The number of carbonyl (C=O) groups excluding carboxylic acids is 3. The molecule has 1 fully saturated rings. The van der Waals surface area contributed by atoms with Crippen molar-refractivity contribution < 1.29 is 14.4 Å². The lowest BCUT2D eigenvalue weighted by Gasteiger charge is -2.35. The number of imide groups is 1. The zero-order valence-electron chi connectivity index (χ0n) is 18.2. The van der Waals surface area contributed by atoms with Crippen LogP contribution < -0.4 is 16.3 Å². The number of hydrogen-bond donors (Lipinski definition) is 2. The van der Waals surface area contributed by atoms with Gasteiger partial charge in [0.05, 0.1) is 16.4 Å². The molecular formula is C24H26N4O4. The molecule has 0 bridgehead atoms. The van der Waals surface area contributed by atoms with Gasteiger partial charge >= 0.3 is 5.69 Å². The minimum absolute atomic E-state index is 0.0997. The SMILES string of the molecule is CCn1c(=O)n(CC(=O)Nc2ccc(C3(CC)CCC(=O)NC3=O)cc2)c2ccccc21. The summed E-state index contributed by atoms with van der Waals surface area (Å²) in [4.78, 5) is 49.5. The Balaban J connectivity index is 1.53. The summed E-state index contributed by atoms with van der Waals surface area (Å²) in [5, 5.41) is 5.26. The topological polar surface area (TPSA) is 102 Å². The molecule has 0 spiro atoms. The normalized spacial score (nSPS) is 18.6. The van der Waals surface area contributed by atoms with Crippen molar-refractivity contribution in [3.63, 3.8) is 0 Å². The molecule has 8 nitrogen and oxygen atoms in total. The van der Waals surface area contributed by atoms with E-state index in [2.05, 4.69) is 10.6 Å². The van der Waals surface area contributed by atoms with E-state index < -0.39 is 5.41 Å². The second-order valence-corrected chi connectivity index (χ2v) is 8.04. The van der Waals surface area contributed by atoms with Crippen LogP contribution in [0.3, 0.4) is 0 Å². The minimum atomic E-state index is -0.744. The maximum absolute atomic E-state index is 12.7. The van der Waals surface area contributed by atoms with Gasteiger partial charge in [0, 0.05) is 18.7 Å². The maximum atomic E-state index is 12.7. The van der Waals surface area contributed by atoms with Crippen LogP contribution in [0.15, 0.2) is 53.3 Å². The van der Waals surface area contributed by atoms with Crippen LogP contribution >= 0.6 is 0 Å². The van der Waals surface area contributed by atoms with Crippen LogP contribution in [-0.2, 0) is 32.9 Å². The molecule has 0 radical (unpaired) electrons. The highest BCUT2D eigenvalue weighted by molar-refractivity contribution is 6.03. The molecule has 1 aromatic heterocycles. The van der Waals surface area contributed by atoms with Crippen molar-refractivity contribution in [3.8, 4) is 0 Å². The average molecular weight is 434 g/mol. The number of aromatic nitrogens is 2. The smallest absolute Gasteiger partial charge is 0.325 e. The monoisotopic (exact) mass is 434 g/mol. The predicted molar refractivity (Wildman–Crippen MR) is 121 cm³/mol. The van der Waals surface area contributed by atoms with Crippen LogP contribution in [0.4, 0.5) is 5.69 Å². The Hall–Kier alpha value is -3.68. The van der Waals surface area contributed by atoms with Gasteiger partial charge in [-0.2, -0.15) is 0 Å². The van der Waals surface area contributed by atoms with Crippen molar-refractivity contribution in [3.05, 3.63) is 64.6 Å². The number of amides is 3. The number of hydrogen-bond acceptors (Lipinski definition) is 4. The fourth-order valence-electron chi connectivity index (χ4n) is 4.51. The molecule has 32 heavy (non-hydrogen) atoms. The second-order valence-electron chi connectivity index (χ2n) is 8.04.